The third-order valence-electron chi connectivity index (χ3n) is 3.26. The van der Waals surface area contributed by atoms with Gasteiger partial charge >= 0.3 is 5.97 Å². The van der Waals surface area contributed by atoms with Gasteiger partial charge in [-0.2, -0.15) is 0 Å². The number of halogens is 2. The van der Waals surface area contributed by atoms with Crippen molar-refractivity contribution in [3.05, 3.63) is 0 Å². The van der Waals surface area contributed by atoms with Crippen LogP contribution in [0.1, 0.15) is 12.8 Å². The molecule has 1 heterocycles. The summed E-state index contributed by atoms with van der Waals surface area (Å²) in [5, 5.41) is 21.4. The molecule has 0 aromatic carbocycles. The van der Waals surface area contributed by atoms with Crippen molar-refractivity contribution in [2.75, 3.05) is 13.1 Å². The van der Waals surface area contributed by atoms with Gasteiger partial charge in [0.1, 0.15) is 11.0 Å². The molecule has 3 N–H and O–H groups in total. The van der Waals surface area contributed by atoms with E-state index in [9.17, 15) is 18.7 Å². The van der Waals surface area contributed by atoms with Crippen LogP contribution in [-0.4, -0.2) is 40.8 Å². The standard InChI is InChI=1S/C8H11F2NO3/c9-8(10)1-6(2-8,5(12)13)7(14)3-11-4-7/h11,14H,1-4H2,(H,12,13). The number of hydrogen-bond donors (Lipinski definition) is 3. The Bertz CT molecular complexity index is 280. The van der Waals surface area contributed by atoms with E-state index in [2.05, 4.69) is 5.32 Å². The van der Waals surface area contributed by atoms with Gasteiger partial charge in [0.2, 0.25) is 0 Å². The molecule has 0 atom stereocenters. The first-order valence-electron chi connectivity index (χ1n) is 4.36. The van der Waals surface area contributed by atoms with Crippen molar-refractivity contribution >= 4 is 5.97 Å². The van der Waals surface area contributed by atoms with Crippen LogP contribution in [-0.2, 0) is 4.79 Å². The van der Waals surface area contributed by atoms with E-state index in [1.165, 1.54) is 0 Å². The topological polar surface area (TPSA) is 69.6 Å². The van der Waals surface area contributed by atoms with Crippen LogP contribution in [0.2, 0.25) is 0 Å². The molecular weight excluding hydrogens is 196 g/mol. The van der Waals surface area contributed by atoms with Crippen molar-refractivity contribution in [1.82, 2.24) is 5.32 Å². The predicted octanol–water partition coefficient (Wildman–Crippen LogP) is -0.179. The largest absolute Gasteiger partial charge is 0.481 e. The maximum atomic E-state index is 12.7. The molecule has 80 valence electrons. The summed E-state index contributed by atoms with van der Waals surface area (Å²) in [5.41, 5.74) is -3.15. The van der Waals surface area contributed by atoms with Crippen LogP contribution in [0, 0.1) is 5.41 Å². The molecule has 0 amide bonds. The number of β-amino-alcohol motifs (C(OH)–C–C–N with tert-alkyl or cyclic N) is 1. The Morgan fingerprint density at radius 1 is 1.29 bits per heavy atom. The van der Waals surface area contributed by atoms with Crippen LogP contribution < -0.4 is 5.32 Å². The summed E-state index contributed by atoms with van der Waals surface area (Å²) in [6.45, 7) is 0.158. The second kappa shape index (κ2) is 2.43. The minimum absolute atomic E-state index is 0.0788. The number of hydrogen-bond acceptors (Lipinski definition) is 3. The van der Waals surface area contributed by atoms with Crippen molar-refractivity contribution in [2.45, 2.75) is 24.4 Å². The van der Waals surface area contributed by atoms with Gasteiger partial charge in [0, 0.05) is 25.9 Å². The van der Waals surface area contributed by atoms with Crippen LogP contribution in [0.25, 0.3) is 0 Å². The summed E-state index contributed by atoms with van der Waals surface area (Å²) in [6, 6.07) is 0. The maximum absolute atomic E-state index is 12.7. The molecule has 0 aromatic heterocycles. The lowest BCUT2D eigenvalue weighted by Crippen LogP contribution is -2.75. The first-order chi connectivity index (χ1) is 6.31. The number of aliphatic hydroxyl groups is 1. The van der Waals surface area contributed by atoms with E-state index in [1.807, 2.05) is 0 Å². The van der Waals surface area contributed by atoms with Crippen molar-refractivity contribution in [2.24, 2.45) is 5.41 Å². The SMILES string of the molecule is O=C(O)C1(C2(O)CNC2)CC(F)(F)C1. The molecule has 0 bridgehead atoms. The van der Waals surface area contributed by atoms with Gasteiger partial charge in [-0.25, -0.2) is 8.78 Å². The molecule has 0 aromatic rings. The first-order valence-corrected chi connectivity index (χ1v) is 4.36. The van der Waals surface area contributed by atoms with E-state index >= 15 is 0 Å². The summed E-state index contributed by atoms with van der Waals surface area (Å²) in [5.74, 6) is -4.27. The highest BCUT2D eigenvalue weighted by Gasteiger charge is 2.71. The third kappa shape index (κ3) is 1.01. The molecule has 0 radical (unpaired) electrons. The Morgan fingerprint density at radius 3 is 2.00 bits per heavy atom. The molecule has 1 aliphatic carbocycles. The van der Waals surface area contributed by atoms with E-state index in [0.29, 0.717) is 0 Å². The monoisotopic (exact) mass is 207 g/mol. The van der Waals surface area contributed by atoms with E-state index < -0.39 is 35.7 Å². The lowest BCUT2D eigenvalue weighted by Gasteiger charge is -2.57. The molecule has 1 saturated heterocycles. The van der Waals surface area contributed by atoms with Crippen LogP contribution in [0.5, 0.6) is 0 Å². The number of carbonyl (C=O) groups is 1. The molecule has 1 saturated carbocycles. The molecular formula is C8H11F2NO3. The summed E-state index contributed by atoms with van der Waals surface area (Å²) in [7, 11) is 0. The summed E-state index contributed by atoms with van der Waals surface area (Å²) in [6.07, 6.45) is -1.51. The number of rotatable bonds is 2. The molecule has 2 aliphatic rings. The fraction of sp³-hybridized carbons (Fsp3) is 0.875. The Morgan fingerprint density at radius 2 is 1.79 bits per heavy atom. The first kappa shape index (κ1) is 9.79. The van der Waals surface area contributed by atoms with Crippen LogP contribution in [0.3, 0.4) is 0 Å². The quantitative estimate of drug-likeness (QED) is 0.587. The number of alkyl halides is 2. The fourth-order valence-corrected chi connectivity index (χ4v) is 2.21. The Balaban J connectivity index is 2.22. The highest BCUT2D eigenvalue weighted by Crippen LogP contribution is 2.58. The number of nitrogens with one attached hydrogen (secondary N) is 1. The molecule has 1 aliphatic heterocycles. The minimum Gasteiger partial charge on any atom is -0.481 e. The highest BCUT2D eigenvalue weighted by molar-refractivity contribution is 5.78. The maximum Gasteiger partial charge on any atom is 0.313 e. The van der Waals surface area contributed by atoms with Gasteiger partial charge in [0.15, 0.2) is 0 Å². The minimum atomic E-state index is -2.94. The zero-order chi connectivity index (χ0) is 10.6. The lowest BCUT2D eigenvalue weighted by atomic mass is 9.54. The lowest BCUT2D eigenvalue weighted by molar-refractivity contribution is -0.253. The Hall–Kier alpha value is -0.750. The van der Waals surface area contributed by atoms with Crippen LogP contribution in [0.15, 0.2) is 0 Å². The Labute approximate surface area is 78.9 Å². The normalized spacial score (nSPS) is 31.4. The molecule has 2 fully saturated rings. The summed E-state index contributed by atoms with van der Waals surface area (Å²) in [4.78, 5) is 10.9. The van der Waals surface area contributed by atoms with Crippen LogP contribution in [0.4, 0.5) is 8.78 Å². The zero-order valence-electron chi connectivity index (χ0n) is 7.39. The van der Waals surface area contributed by atoms with Gasteiger partial charge < -0.3 is 15.5 Å². The molecule has 4 nitrogen and oxygen atoms in total. The highest BCUT2D eigenvalue weighted by atomic mass is 19.3. The molecule has 0 spiro atoms. The van der Waals surface area contributed by atoms with Crippen molar-refractivity contribution in [3.63, 3.8) is 0 Å². The van der Waals surface area contributed by atoms with Gasteiger partial charge in [0.25, 0.3) is 5.92 Å². The predicted molar refractivity (Wildman–Crippen MR) is 42.1 cm³/mol. The fourth-order valence-electron chi connectivity index (χ4n) is 2.21. The smallest absolute Gasteiger partial charge is 0.313 e. The summed E-state index contributed by atoms with van der Waals surface area (Å²) >= 11 is 0. The Kier molecular flexibility index (Phi) is 1.70. The van der Waals surface area contributed by atoms with E-state index in [1.54, 1.807) is 0 Å². The van der Waals surface area contributed by atoms with Crippen molar-refractivity contribution < 1.29 is 23.8 Å². The van der Waals surface area contributed by atoms with Gasteiger partial charge in [-0.05, 0) is 0 Å². The zero-order valence-corrected chi connectivity index (χ0v) is 7.39. The number of carboxylic acid groups (broad SMARTS) is 1. The average Bonchev–Trinajstić information content (AvgIpc) is 1.94. The van der Waals surface area contributed by atoms with Gasteiger partial charge in [-0.3, -0.25) is 4.79 Å². The van der Waals surface area contributed by atoms with Crippen molar-refractivity contribution in [3.8, 4) is 0 Å². The molecule has 6 heteroatoms. The molecule has 0 unspecified atom stereocenters. The van der Waals surface area contributed by atoms with Crippen molar-refractivity contribution in [1.29, 1.82) is 0 Å². The van der Waals surface area contributed by atoms with E-state index in [4.69, 9.17) is 5.11 Å². The van der Waals surface area contributed by atoms with E-state index in [-0.39, 0.29) is 13.1 Å². The second-order valence-corrected chi connectivity index (χ2v) is 4.23. The second-order valence-electron chi connectivity index (χ2n) is 4.23. The molecule has 14 heavy (non-hydrogen) atoms. The average molecular weight is 207 g/mol. The van der Waals surface area contributed by atoms with Gasteiger partial charge in [-0.15, -0.1) is 0 Å². The van der Waals surface area contributed by atoms with Gasteiger partial charge in [0.05, 0.1) is 0 Å². The number of carboxylic acids is 1. The summed E-state index contributed by atoms with van der Waals surface area (Å²) < 4.78 is 25.4. The van der Waals surface area contributed by atoms with Gasteiger partial charge in [-0.1, -0.05) is 0 Å². The third-order valence-corrected chi connectivity index (χ3v) is 3.26. The van der Waals surface area contributed by atoms with E-state index in [0.717, 1.165) is 0 Å². The molecule has 2 rings (SSSR count). The van der Waals surface area contributed by atoms with Crippen LogP contribution >= 0.6 is 0 Å². The number of aliphatic carboxylic acids is 1.